The number of ether oxygens (including phenoxy) is 4. The lowest BCUT2D eigenvalue weighted by Crippen LogP contribution is -2.43. The van der Waals surface area contributed by atoms with E-state index in [2.05, 4.69) is 91.1 Å². The molecule has 1 aromatic heterocycles. The van der Waals surface area contributed by atoms with E-state index in [4.69, 9.17) is 24.0 Å². The first-order chi connectivity index (χ1) is 22.4. The molecule has 7 heteroatoms. The Morgan fingerprint density at radius 1 is 0.630 bits per heavy atom. The van der Waals surface area contributed by atoms with Crippen LogP contribution in [0.15, 0.2) is 127 Å². The van der Waals surface area contributed by atoms with Gasteiger partial charge in [0.15, 0.2) is 0 Å². The van der Waals surface area contributed by atoms with Crippen molar-refractivity contribution >= 4 is 13.4 Å². The summed E-state index contributed by atoms with van der Waals surface area (Å²) in [6.07, 6.45) is -1.50. The summed E-state index contributed by atoms with van der Waals surface area (Å²) in [6.45, 7) is 9.56. The Labute approximate surface area is 273 Å². The second kappa shape index (κ2) is 15.2. The quantitative estimate of drug-likeness (QED) is 0.120. The first-order valence-corrected chi connectivity index (χ1v) is 19.6. The molecule has 6 nitrogen and oxygen atoms in total. The summed E-state index contributed by atoms with van der Waals surface area (Å²) >= 11 is 0. The minimum Gasteiger partial charge on any atom is -0.374 e. The first kappa shape index (κ1) is 32.1. The molecule has 6 rings (SSSR count). The second-order valence-corrected chi connectivity index (χ2v) is 18.0. The summed E-state index contributed by atoms with van der Waals surface area (Å²) in [7, 11) is -1.76. The monoisotopic (exact) mass is 632 g/mol. The Bertz CT molecular complexity index is 1620. The van der Waals surface area contributed by atoms with Crippen LogP contribution in [0.3, 0.4) is 0 Å². The van der Waals surface area contributed by atoms with Crippen LogP contribution in [0.1, 0.15) is 34.1 Å². The molecule has 1 saturated heterocycles. The number of rotatable bonds is 14. The van der Waals surface area contributed by atoms with E-state index in [-0.39, 0.29) is 18.3 Å². The highest BCUT2D eigenvalue weighted by molar-refractivity contribution is 6.88. The Morgan fingerprint density at radius 3 is 1.63 bits per heavy atom. The van der Waals surface area contributed by atoms with Crippen molar-refractivity contribution in [3.63, 3.8) is 0 Å². The highest BCUT2D eigenvalue weighted by Gasteiger charge is 2.48. The highest BCUT2D eigenvalue weighted by Crippen LogP contribution is 2.38. The third kappa shape index (κ3) is 8.29. The van der Waals surface area contributed by atoms with Crippen molar-refractivity contribution in [3.05, 3.63) is 155 Å². The van der Waals surface area contributed by atoms with Crippen molar-refractivity contribution in [2.75, 3.05) is 6.61 Å². The van der Waals surface area contributed by atoms with Crippen LogP contribution >= 0.6 is 0 Å². The standard InChI is InChI=1S/C39H44N2O4Si/c1-46(2,3)36-24-34(40-41(36)25-30-16-8-4-9-17-30)37-39(44-28-33-22-14-7-15-23-33)38(43-27-32-20-12-6-13-21-32)35(45-37)29-42-26-31-18-10-5-11-19-31/h4-24,35,37-39H,25-29H2,1-3H3/t35-,37-,38-,39+/m1/s1. The van der Waals surface area contributed by atoms with Crippen LogP contribution in [0.5, 0.6) is 0 Å². The van der Waals surface area contributed by atoms with Gasteiger partial charge in [-0.25, -0.2) is 0 Å². The Hall–Kier alpha value is -3.85. The smallest absolute Gasteiger partial charge is 0.131 e. The average molecular weight is 633 g/mol. The molecular formula is C39H44N2O4Si. The van der Waals surface area contributed by atoms with Crippen LogP contribution in [0.4, 0.5) is 0 Å². The van der Waals surface area contributed by atoms with Gasteiger partial charge in [0.2, 0.25) is 0 Å². The number of hydrogen-bond donors (Lipinski definition) is 0. The predicted octanol–water partition coefficient (Wildman–Crippen LogP) is 7.30. The van der Waals surface area contributed by atoms with Crippen LogP contribution in [0.25, 0.3) is 0 Å². The van der Waals surface area contributed by atoms with E-state index >= 15 is 0 Å². The largest absolute Gasteiger partial charge is 0.374 e. The van der Waals surface area contributed by atoms with Gasteiger partial charge in [0.25, 0.3) is 0 Å². The molecule has 4 aromatic carbocycles. The van der Waals surface area contributed by atoms with Crippen LogP contribution in [0.2, 0.25) is 19.6 Å². The lowest BCUT2D eigenvalue weighted by atomic mass is 10.0. The summed E-state index contributed by atoms with van der Waals surface area (Å²) in [4.78, 5) is 0. The van der Waals surface area contributed by atoms with Crippen LogP contribution in [0, 0.1) is 0 Å². The van der Waals surface area contributed by atoms with Crippen molar-refractivity contribution in [1.29, 1.82) is 0 Å². The topological polar surface area (TPSA) is 54.7 Å². The van der Waals surface area contributed by atoms with Gasteiger partial charge in [-0.3, -0.25) is 4.68 Å². The van der Waals surface area contributed by atoms with E-state index in [1.54, 1.807) is 0 Å². The Balaban J connectivity index is 1.31. The minimum atomic E-state index is -1.76. The molecule has 0 aliphatic carbocycles. The molecule has 238 valence electrons. The number of hydrogen-bond acceptors (Lipinski definition) is 5. The van der Waals surface area contributed by atoms with Crippen molar-refractivity contribution in [2.45, 2.75) is 70.4 Å². The van der Waals surface area contributed by atoms with Gasteiger partial charge in [-0.15, -0.1) is 0 Å². The third-order valence-electron chi connectivity index (χ3n) is 8.31. The fraction of sp³-hybridized carbons (Fsp3) is 0.308. The molecule has 1 aliphatic heterocycles. The molecule has 2 heterocycles. The summed E-state index contributed by atoms with van der Waals surface area (Å²) in [5.74, 6) is 0. The molecule has 0 amide bonds. The maximum Gasteiger partial charge on any atom is 0.131 e. The molecule has 5 aromatic rings. The molecule has 1 aliphatic rings. The number of aromatic nitrogens is 2. The summed E-state index contributed by atoms with van der Waals surface area (Å²) in [5.41, 5.74) is 5.42. The van der Waals surface area contributed by atoms with Gasteiger partial charge in [-0.2, -0.15) is 5.10 Å². The van der Waals surface area contributed by atoms with Crippen LogP contribution < -0.4 is 5.32 Å². The molecule has 0 N–H and O–H groups in total. The van der Waals surface area contributed by atoms with Crippen molar-refractivity contribution < 1.29 is 18.9 Å². The van der Waals surface area contributed by atoms with E-state index in [1.165, 1.54) is 10.9 Å². The van der Waals surface area contributed by atoms with Crippen molar-refractivity contribution in [2.24, 2.45) is 0 Å². The molecule has 0 spiro atoms. The lowest BCUT2D eigenvalue weighted by Gasteiger charge is -2.25. The molecule has 46 heavy (non-hydrogen) atoms. The molecule has 0 saturated carbocycles. The third-order valence-corrected chi connectivity index (χ3v) is 10.2. The average Bonchev–Trinajstić information content (AvgIpc) is 3.66. The molecule has 1 fully saturated rings. The number of nitrogens with zero attached hydrogens (tertiary/aromatic N) is 2. The van der Waals surface area contributed by atoms with Crippen LogP contribution in [-0.2, 0) is 45.3 Å². The number of benzene rings is 4. The van der Waals surface area contributed by atoms with E-state index in [0.717, 1.165) is 22.4 Å². The highest BCUT2D eigenvalue weighted by atomic mass is 28.3. The zero-order chi connectivity index (χ0) is 31.8. The normalized spacial score (nSPS) is 19.8. The molecule has 0 bridgehead atoms. The van der Waals surface area contributed by atoms with E-state index in [1.807, 2.05) is 60.7 Å². The lowest BCUT2D eigenvalue weighted by molar-refractivity contribution is -0.0898. The Kier molecular flexibility index (Phi) is 10.6. The van der Waals surface area contributed by atoms with Gasteiger partial charge in [0.05, 0.1) is 38.7 Å². The second-order valence-electron chi connectivity index (χ2n) is 13.0. The summed E-state index contributed by atoms with van der Waals surface area (Å²) in [6, 6.07) is 43.5. The zero-order valence-corrected chi connectivity index (χ0v) is 28.0. The van der Waals surface area contributed by atoms with E-state index < -0.39 is 14.2 Å². The first-order valence-electron chi connectivity index (χ1n) is 16.1. The van der Waals surface area contributed by atoms with Gasteiger partial charge in [-0.05, 0) is 28.3 Å². The van der Waals surface area contributed by atoms with Gasteiger partial charge < -0.3 is 18.9 Å². The SMILES string of the molecule is C[Si](C)(C)c1cc([C@H]2O[C@H](COCc3ccccc3)[C@@H](OCc3ccccc3)[C@H]2OCc2ccccc2)nn1Cc1ccccc1. The van der Waals surface area contributed by atoms with E-state index in [9.17, 15) is 0 Å². The predicted molar refractivity (Wildman–Crippen MR) is 185 cm³/mol. The maximum absolute atomic E-state index is 6.88. The van der Waals surface area contributed by atoms with Gasteiger partial charge in [-0.1, -0.05) is 141 Å². The van der Waals surface area contributed by atoms with Gasteiger partial charge in [0.1, 0.15) is 32.5 Å². The fourth-order valence-electron chi connectivity index (χ4n) is 5.94. The maximum atomic E-state index is 6.88. The van der Waals surface area contributed by atoms with E-state index in [0.29, 0.717) is 33.0 Å². The fourth-order valence-corrected chi connectivity index (χ4v) is 7.42. The molecular weight excluding hydrogens is 589 g/mol. The van der Waals surface area contributed by atoms with Gasteiger partial charge in [0, 0.05) is 5.32 Å². The van der Waals surface area contributed by atoms with Crippen LogP contribution in [-0.4, -0.2) is 42.8 Å². The van der Waals surface area contributed by atoms with Crippen molar-refractivity contribution in [1.82, 2.24) is 9.78 Å². The van der Waals surface area contributed by atoms with Gasteiger partial charge >= 0.3 is 0 Å². The molecule has 0 radical (unpaired) electrons. The van der Waals surface area contributed by atoms with Crippen molar-refractivity contribution in [3.8, 4) is 0 Å². The molecule has 0 unspecified atom stereocenters. The minimum absolute atomic E-state index is 0.340. The zero-order valence-electron chi connectivity index (χ0n) is 27.0. The molecule has 4 atom stereocenters. The summed E-state index contributed by atoms with van der Waals surface area (Å²) < 4.78 is 28.8. The Morgan fingerprint density at radius 2 is 1.11 bits per heavy atom. The summed E-state index contributed by atoms with van der Waals surface area (Å²) in [5, 5.41) is 6.50.